The van der Waals surface area contributed by atoms with Crippen LogP contribution in [0.4, 0.5) is 0 Å². The number of nitrogens with one attached hydrogen (secondary N) is 2. The van der Waals surface area contributed by atoms with Crippen molar-refractivity contribution in [2.75, 3.05) is 19.8 Å². The Kier molecular flexibility index (Phi) is 7.50. The molecule has 2 N–H and O–H groups in total. The smallest absolute Gasteiger partial charge is 0.161 e. The zero-order valence-corrected chi connectivity index (χ0v) is 20.8. The van der Waals surface area contributed by atoms with Crippen molar-refractivity contribution in [1.29, 1.82) is 0 Å². The fourth-order valence-corrected chi connectivity index (χ4v) is 4.83. The van der Waals surface area contributed by atoms with Crippen molar-refractivity contribution in [3.8, 4) is 11.5 Å². The average molecular weight is 477 g/mol. The van der Waals surface area contributed by atoms with Crippen LogP contribution in [0, 0.1) is 5.92 Å². The standard InChI is InChI=1S/C29H32N2O2.ClH/c1-4-32-26-16-21(14-15-25(26)33-18-19(2)3)28-29-27(22-12-8-9-13-24(22)31-29)23(17-30-28)20-10-6-5-7-11-20;/h5-16,19,23,28,30-31H,4,17-18H2,1-3H3;1H. The largest absolute Gasteiger partial charge is 0.490 e. The van der Waals surface area contributed by atoms with E-state index in [0.29, 0.717) is 25.0 Å². The minimum Gasteiger partial charge on any atom is -0.490 e. The average Bonchev–Trinajstić information content (AvgIpc) is 3.23. The van der Waals surface area contributed by atoms with Gasteiger partial charge in [-0.15, -0.1) is 12.4 Å². The zero-order valence-electron chi connectivity index (χ0n) is 20.0. The molecule has 0 amide bonds. The van der Waals surface area contributed by atoms with Gasteiger partial charge in [0.2, 0.25) is 0 Å². The van der Waals surface area contributed by atoms with Gasteiger partial charge in [-0.25, -0.2) is 0 Å². The highest BCUT2D eigenvalue weighted by molar-refractivity contribution is 5.86. The molecule has 0 fully saturated rings. The van der Waals surface area contributed by atoms with Gasteiger partial charge >= 0.3 is 0 Å². The number of H-pyrrole nitrogens is 1. The topological polar surface area (TPSA) is 46.3 Å². The van der Waals surface area contributed by atoms with E-state index in [9.17, 15) is 0 Å². The first kappa shape index (κ1) is 24.2. The molecule has 0 bridgehead atoms. The number of benzene rings is 3. The molecule has 34 heavy (non-hydrogen) atoms. The van der Waals surface area contributed by atoms with Gasteiger partial charge in [-0.1, -0.05) is 68.4 Å². The lowest BCUT2D eigenvalue weighted by molar-refractivity contribution is 0.248. The fraction of sp³-hybridized carbons (Fsp3) is 0.310. The molecular formula is C29H33ClN2O2. The Bertz CT molecular complexity index is 1240. The molecule has 4 aromatic rings. The summed E-state index contributed by atoms with van der Waals surface area (Å²) in [6.45, 7) is 8.47. The predicted octanol–water partition coefficient (Wildman–Crippen LogP) is 6.85. The molecule has 4 nitrogen and oxygen atoms in total. The summed E-state index contributed by atoms with van der Waals surface area (Å²) in [5.74, 6) is 2.38. The predicted molar refractivity (Wildman–Crippen MR) is 142 cm³/mol. The van der Waals surface area contributed by atoms with E-state index in [0.717, 1.165) is 18.0 Å². The minimum atomic E-state index is 0. The SMILES string of the molecule is CCOc1cc(C2NCC(c3ccccc3)c3c2[nH]c2ccccc32)ccc1OCC(C)C.Cl. The Hall–Kier alpha value is -2.95. The van der Waals surface area contributed by atoms with E-state index >= 15 is 0 Å². The van der Waals surface area contributed by atoms with Crippen molar-refractivity contribution >= 4 is 23.3 Å². The lowest BCUT2D eigenvalue weighted by Crippen LogP contribution is -2.34. The van der Waals surface area contributed by atoms with E-state index in [4.69, 9.17) is 9.47 Å². The molecule has 2 heterocycles. The first-order chi connectivity index (χ1) is 16.2. The van der Waals surface area contributed by atoms with Gasteiger partial charge in [-0.3, -0.25) is 0 Å². The molecule has 0 saturated carbocycles. The maximum Gasteiger partial charge on any atom is 0.161 e. The summed E-state index contributed by atoms with van der Waals surface area (Å²) in [4.78, 5) is 3.74. The van der Waals surface area contributed by atoms with E-state index in [1.54, 1.807) is 0 Å². The number of aromatic amines is 1. The van der Waals surface area contributed by atoms with Crippen LogP contribution in [-0.4, -0.2) is 24.7 Å². The third-order valence-corrected chi connectivity index (χ3v) is 6.32. The number of rotatable bonds is 7. The van der Waals surface area contributed by atoms with Crippen LogP contribution in [0.1, 0.15) is 55.1 Å². The third-order valence-electron chi connectivity index (χ3n) is 6.32. The highest BCUT2D eigenvalue weighted by atomic mass is 35.5. The number of para-hydroxylation sites is 1. The number of hydrogen-bond donors (Lipinski definition) is 2. The van der Waals surface area contributed by atoms with Gasteiger partial charge in [-0.05, 0) is 47.7 Å². The van der Waals surface area contributed by atoms with Crippen LogP contribution >= 0.6 is 12.4 Å². The van der Waals surface area contributed by atoms with Crippen LogP contribution in [0.15, 0.2) is 72.8 Å². The third kappa shape index (κ3) is 4.66. The summed E-state index contributed by atoms with van der Waals surface area (Å²) in [7, 11) is 0. The van der Waals surface area contributed by atoms with E-state index in [1.807, 2.05) is 6.92 Å². The maximum atomic E-state index is 6.03. The molecule has 0 spiro atoms. The number of hydrogen-bond acceptors (Lipinski definition) is 3. The molecule has 2 atom stereocenters. The van der Waals surface area contributed by atoms with Crippen molar-refractivity contribution in [1.82, 2.24) is 10.3 Å². The van der Waals surface area contributed by atoms with Crippen LogP contribution in [0.2, 0.25) is 0 Å². The maximum absolute atomic E-state index is 6.03. The first-order valence-corrected chi connectivity index (χ1v) is 11.9. The summed E-state index contributed by atoms with van der Waals surface area (Å²) >= 11 is 0. The summed E-state index contributed by atoms with van der Waals surface area (Å²) in [6, 6.07) is 25.8. The van der Waals surface area contributed by atoms with E-state index in [-0.39, 0.29) is 18.4 Å². The second-order valence-corrected chi connectivity index (χ2v) is 9.15. The van der Waals surface area contributed by atoms with Crippen molar-refractivity contribution in [3.63, 3.8) is 0 Å². The number of aromatic nitrogens is 1. The van der Waals surface area contributed by atoms with E-state index in [2.05, 4.69) is 96.9 Å². The molecule has 5 rings (SSSR count). The number of halogens is 1. The van der Waals surface area contributed by atoms with Crippen LogP contribution in [0.5, 0.6) is 11.5 Å². The molecule has 178 valence electrons. The molecule has 3 aromatic carbocycles. The Balaban J connectivity index is 0.00000274. The highest BCUT2D eigenvalue weighted by Crippen LogP contribution is 2.42. The Labute approximate surface area is 208 Å². The van der Waals surface area contributed by atoms with Gasteiger partial charge in [0.15, 0.2) is 11.5 Å². The minimum absolute atomic E-state index is 0. The molecule has 5 heteroatoms. The first-order valence-electron chi connectivity index (χ1n) is 11.9. The lowest BCUT2D eigenvalue weighted by Gasteiger charge is -2.31. The summed E-state index contributed by atoms with van der Waals surface area (Å²) in [6.07, 6.45) is 0. The van der Waals surface area contributed by atoms with E-state index in [1.165, 1.54) is 33.3 Å². The highest BCUT2D eigenvalue weighted by Gasteiger charge is 2.32. The number of fused-ring (bicyclic) bond motifs is 3. The molecule has 0 saturated heterocycles. The normalized spacial score (nSPS) is 17.3. The van der Waals surface area contributed by atoms with Gasteiger partial charge in [0, 0.05) is 29.1 Å². The molecule has 0 radical (unpaired) electrons. The summed E-state index contributed by atoms with van der Waals surface area (Å²) in [5, 5.41) is 5.11. The second-order valence-electron chi connectivity index (χ2n) is 9.15. The molecule has 1 aliphatic heterocycles. The second kappa shape index (κ2) is 10.5. The van der Waals surface area contributed by atoms with Gasteiger partial charge in [0.25, 0.3) is 0 Å². The lowest BCUT2D eigenvalue weighted by atomic mass is 9.83. The molecule has 2 unspecified atom stereocenters. The van der Waals surface area contributed by atoms with Crippen molar-refractivity contribution < 1.29 is 9.47 Å². The van der Waals surface area contributed by atoms with Crippen LogP contribution in [0.3, 0.4) is 0 Å². The summed E-state index contributed by atoms with van der Waals surface area (Å²) in [5.41, 5.74) is 6.31. The van der Waals surface area contributed by atoms with Crippen molar-refractivity contribution in [3.05, 3.63) is 95.2 Å². The molecule has 0 aliphatic carbocycles. The summed E-state index contributed by atoms with van der Waals surface area (Å²) < 4.78 is 12.0. The van der Waals surface area contributed by atoms with Gasteiger partial charge < -0.3 is 19.8 Å². The quantitative estimate of drug-likeness (QED) is 0.306. The number of ether oxygens (including phenoxy) is 2. The van der Waals surface area contributed by atoms with Gasteiger partial charge in [-0.2, -0.15) is 0 Å². The van der Waals surface area contributed by atoms with Crippen molar-refractivity contribution in [2.24, 2.45) is 5.92 Å². The van der Waals surface area contributed by atoms with Crippen molar-refractivity contribution in [2.45, 2.75) is 32.7 Å². The molecule has 1 aliphatic rings. The zero-order chi connectivity index (χ0) is 22.8. The van der Waals surface area contributed by atoms with Crippen LogP contribution < -0.4 is 14.8 Å². The molecule has 1 aromatic heterocycles. The fourth-order valence-electron chi connectivity index (χ4n) is 4.83. The van der Waals surface area contributed by atoms with Gasteiger partial charge in [0.05, 0.1) is 19.3 Å². The van der Waals surface area contributed by atoms with Crippen LogP contribution in [0.25, 0.3) is 10.9 Å². The Morgan fingerprint density at radius 2 is 1.65 bits per heavy atom. The Morgan fingerprint density at radius 1 is 0.882 bits per heavy atom. The van der Waals surface area contributed by atoms with Gasteiger partial charge in [0.1, 0.15) is 0 Å². The van der Waals surface area contributed by atoms with E-state index < -0.39 is 0 Å². The monoisotopic (exact) mass is 476 g/mol. The van der Waals surface area contributed by atoms with Crippen LogP contribution in [-0.2, 0) is 0 Å². The Morgan fingerprint density at radius 3 is 2.41 bits per heavy atom. The molecular weight excluding hydrogens is 444 g/mol.